The molecule has 1 unspecified atom stereocenters. The number of nitrogens with one attached hydrogen (secondary N) is 1. The van der Waals surface area contributed by atoms with E-state index in [9.17, 15) is 14.4 Å². The number of nitrogens with zero attached hydrogens (tertiary/aromatic N) is 2. The van der Waals surface area contributed by atoms with Gasteiger partial charge in [0.2, 0.25) is 11.8 Å². The zero-order valence-corrected chi connectivity index (χ0v) is 15.1. The van der Waals surface area contributed by atoms with Crippen molar-refractivity contribution in [1.82, 2.24) is 15.1 Å². The third-order valence-electron chi connectivity index (χ3n) is 4.88. The third kappa shape index (κ3) is 4.40. The molecule has 0 aromatic heterocycles. The second-order valence-corrected chi connectivity index (χ2v) is 6.80. The minimum atomic E-state index is -0.498. The molecule has 2 heterocycles. The van der Waals surface area contributed by atoms with E-state index in [-0.39, 0.29) is 30.9 Å². The molecule has 140 valence electrons. The normalized spacial score (nSPS) is 20.2. The minimum absolute atomic E-state index is 0.00820. The molecule has 2 fully saturated rings. The Kier molecular flexibility index (Phi) is 5.88. The highest BCUT2D eigenvalue weighted by Gasteiger charge is 2.30. The van der Waals surface area contributed by atoms with Crippen LogP contribution in [0.25, 0.3) is 0 Å². The molecule has 4 amide bonds. The number of benzene rings is 1. The van der Waals surface area contributed by atoms with E-state index in [1.54, 1.807) is 4.90 Å². The first-order valence-corrected chi connectivity index (χ1v) is 9.06. The van der Waals surface area contributed by atoms with Gasteiger partial charge in [-0.2, -0.15) is 0 Å². The molecule has 1 N–H and O–H groups in total. The summed E-state index contributed by atoms with van der Waals surface area (Å²) in [5.41, 5.74) is 2.15. The summed E-state index contributed by atoms with van der Waals surface area (Å²) in [6, 6.07) is 7.40. The number of hydrogen-bond donors (Lipinski definition) is 1. The molecule has 0 saturated carbocycles. The van der Waals surface area contributed by atoms with Crippen molar-refractivity contribution in [2.75, 3.05) is 26.2 Å². The van der Waals surface area contributed by atoms with Crippen LogP contribution >= 0.6 is 0 Å². The Morgan fingerprint density at radius 3 is 2.85 bits per heavy atom. The van der Waals surface area contributed by atoms with Crippen LogP contribution in [-0.2, 0) is 20.9 Å². The Bertz CT molecular complexity index is 669. The first-order chi connectivity index (χ1) is 12.5. The highest BCUT2D eigenvalue weighted by Crippen LogP contribution is 2.17. The van der Waals surface area contributed by atoms with Gasteiger partial charge in [0.05, 0.1) is 6.10 Å². The van der Waals surface area contributed by atoms with Gasteiger partial charge in [0.15, 0.2) is 0 Å². The Morgan fingerprint density at radius 1 is 1.35 bits per heavy atom. The van der Waals surface area contributed by atoms with Crippen LogP contribution in [0.5, 0.6) is 0 Å². The van der Waals surface area contributed by atoms with E-state index in [0.29, 0.717) is 26.2 Å². The first kappa shape index (κ1) is 18.4. The number of aryl methyl sites for hydroxylation is 1. The van der Waals surface area contributed by atoms with Gasteiger partial charge in [-0.25, -0.2) is 4.79 Å². The fraction of sp³-hybridized carbons (Fsp3) is 0.526. The molecule has 0 aliphatic carbocycles. The predicted molar refractivity (Wildman–Crippen MR) is 95.3 cm³/mol. The lowest BCUT2D eigenvalue weighted by Gasteiger charge is -2.30. The van der Waals surface area contributed by atoms with Crippen LogP contribution in [0.1, 0.15) is 30.4 Å². The molecular formula is C19H25N3O4. The van der Waals surface area contributed by atoms with E-state index in [2.05, 4.69) is 5.32 Å². The van der Waals surface area contributed by atoms with Crippen LogP contribution in [-0.4, -0.2) is 60.0 Å². The van der Waals surface area contributed by atoms with Crippen molar-refractivity contribution in [3.63, 3.8) is 0 Å². The summed E-state index contributed by atoms with van der Waals surface area (Å²) in [7, 11) is 0. The van der Waals surface area contributed by atoms with Crippen molar-refractivity contribution in [1.29, 1.82) is 0 Å². The number of hydrogen-bond acceptors (Lipinski definition) is 4. The van der Waals surface area contributed by atoms with Gasteiger partial charge in [0.25, 0.3) is 0 Å². The van der Waals surface area contributed by atoms with Crippen LogP contribution < -0.4 is 5.32 Å². The SMILES string of the molecule is Cc1ccccc1CN(CC1CCCO1)C(=O)CN1C(=O)CCNC1=O. The highest BCUT2D eigenvalue weighted by atomic mass is 16.5. The van der Waals surface area contributed by atoms with Gasteiger partial charge < -0.3 is 15.0 Å². The molecule has 2 saturated heterocycles. The molecule has 1 atom stereocenters. The summed E-state index contributed by atoms with van der Waals surface area (Å²) >= 11 is 0. The molecule has 26 heavy (non-hydrogen) atoms. The van der Waals surface area contributed by atoms with Crippen LogP contribution in [0, 0.1) is 6.92 Å². The topological polar surface area (TPSA) is 79.0 Å². The van der Waals surface area contributed by atoms with Gasteiger partial charge in [0, 0.05) is 32.7 Å². The number of urea groups is 1. The van der Waals surface area contributed by atoms with Crippen molar-refractivity contribution < 1.29 is 19.1 Å². The van der Waals surface area contributed by atoms with Gasteiger partial charge in [-0.15, -0.1) is 0 Å². The summed E-state index contributed by atoms with van der Waals surface area (Å²) in [4.78, 5) is 39.5. The van der Waals surface area contributed by atoms with Gasteiger partial charge >= 0.3 is 6.03 Å². The summed E-state index contributed by atoms with van der Waals surface area (Å²) in [6.45, 7) is 3.72. The molecule has 2 aliphatic rings. The third-order valence-corrected chi connectivity index (χ3v) is 4.88. The quantitative estimate of drug-likeness (QED) is 0.834. The van der Waals surface area contributed by atoms with E-state index in [4.69, 9.17) is 4.74 Å². The monoisotopic (exact) mass is 359 g/mol. The van der Waals surface area contributed by atoms with Gasteiger partial charge in [-0.05, 0) is 30.9 Å². The van der Waals surface area contributed by atoms with Crippen LogP contribution in [0.15, 0.2) is 24.3 Å². The lowest BCUT2D eigenvalue weighted by atomic mass is 10.1. The molecule has 1 aromatic rings. The zero-order valence-electron chi connectivity index (χ0n) is 15.1. The molecule has 0 bridgehead atoms. The molecule has 2 aliphatic heterocycles. The second kappa shape index (κ2) is 8.31. The summed E-state index contributed by atoms with van der Waals surface area (Å²) < 4.78 is 5.68. The maximum Gasteiger partial charge on any atom is 0.324 e. The first-order valence-electron chi connectivity index (χ1n) is 9.06. The van der Waals surface area contributed by atoms with Gasteiger partial charge in [-0.3, -0.25) is 14.5 Å². The number of amides is 4. The van der Waals surface area contributed by atoms with E-state index >= 15 is 0 Å². The van der Waals surface area contributed by atoms with Crippen LogP contribution in [0.3, 0.4) is 0 Å². The molecular weight excluding hydrogens is 334 g/mol. The van der Waals surface area contributed by atoms with Crippen molar-refractivity contribution in [2.45, 2.75) is 38.8 Å². The van der Waals surface area contributed by atoms with Crippen LogP contribution in [0.4, 0.5) is 4.79 Å². The maximum atomic E-state index is 12.9. The fourth-order valence-corrected chi connectivity index (χ4v) is 3.30. The Hall–Kier alpha value is -2.41. The van der Waals surface area contributed by atoms with Gasteiger partial charge in [-0.1, -0.05) is 24.3 Å². The summed E-state index contributed by atoms with van der Waals surface area (Å²) in [5, 5.41) is 2.61. The lowest BCUT2D eigenvalue weighted by molar-refractivity contribution is -0.140. The van der Waals surface area contributed by atoms with Crippen molar-refractivity contribution >= 4 is 17.8 Å². The number of carbonyl (C=O) groups excluding carboxylic acids is 3. The smallest absolute Gasteiger partial charge is 0.324 e. The van der Waals surface area contributed by atoms with E-state index in [0.717, 1.165) is 28.9 Å². The Balaban J connectivity index is 1.72. The Morgan fingerprint density at radius 2 is 2.15 bits per heavy atom. The lowest BCUT2D eigenvalue weighted by Crippen LogP contribution is -2.54. The van der Waals surface area contributed by atoms with E-state index < -0.39 is 6.03 Å². The highest BCUT2D eigenvalue weighted by molar-refractivity contribution is 6.00. The Labute approximate surface area is 153 Å². The largest absolute Gasteiger partial charge is 0.376 e. The second-order valence-electron chi connectivity index (χ2n) is 6.80. The average Bonchev–Trinajstić information content (AvgIpc) is 3.12. The van der Waals surface area contributed by atoms with Crippen molar-refractivity contribution in [3.8, 4) is 0 Å². The number of ether oxygens (including phenoxy) is 1. The average molecular weight is 359 g/mol. The van der Waals surface area contributed by atoms with E-state index in [1.807, 2.05) is 31.2 Å². The van der Waals surface area contributed by atoms with Crippen LogP contribution in [0.2, 0.25) is 0 Å². The molecule has 7 nitrogen and oxygen atoms in total. The minimum Gasteiger partial charge on any atom is -0.376 e. The number of imide groups is 1. The number of carbonyl (C=O) groups is 3. The predicted octanol–water partition coefficient (Wildman–Crippen LogP) is 1.44. The molecule has 7 heteroatoms. The summed E-state index contributed by atoms with van der Waals surface area (Å²) in [6.07, 6.45) is 2.14. The molecule has 0 radical (unpaired) electrons. The molecule has 3 rings (SSSR count). The van der Waals surface area contributed by atoms with Gasteiger partial charge in [0.1, 0.15) is 6.54 Å². The fourth-order valence-electron chi connectivity index (χ4n) is 3.30. The standard InChI is InChI=1S/C19H25N3O4/c1-14-5-2-3-6-15(14)11-21(12-16-7-4-10-26-16)18(24)13-22-17(23)8-9-20-19(22)25/h2-3,5-6,16H,4,7-13H2,1H3,(H,20,25). The molecule has 1 aromatic carbocycles. The van der Waals surface area contributed by atoms with E-state index in [1.165, 1.54) is 0 Å². The van der Waals surface area contributed by atoms with Crippen molar-refractivity contribution in [2.24, 2.45) is 0 Å². The summed E-state index contributed by atoms with van der Waals surface area (Å²) in [5.74, 6) is -0.552. The maximum absolute atomic E-state index is 12.9. The zero-order chi connectivity index (χ0) is 18.5. The molecule has 0 spiro atoms. The van der Waals surface area contributed by atoms with Crippen molar-refractivity contribution in [3.05, 3.63) is 35.4 Å². The number of rotatable bonds is 6.